The first kappa shape index (κ1) is 16.4. The Balaban J connectivity index is 1.83. The molecule has 2 nitrogen and oxygen atoms in total. The molecule has 0 aromatic heterocycles. The summed E-state index contributed by atoms with van der Waals surface area (Å²) < 4.78 is 5.98. The van der Waals surface area contributed by atoms with E-state index in [1.54, 1.807) is 0 Å². The maximum absolute atomic E-state index is 5.98. The van der Waals surface area contributed by atoms with Gasteiger partial charge in [0, 0.05) is 0 Å². The highest BCUT2D eigenvalue weighted by Crippen LogP contribution is 2.29. The van der Waals surface area contributed by atoms with Crippen molar-refractivity contribution in [3.8, 4) is 5.75 Å². The van der Waals surface area contributed by atoms with Crippen molar-refractivity contribution in [3.63, 3.8) is 0 Å². The van der Waals surface area contributed by atoms with Gasteiger partial charge in [0.2, 0.25) is 0 Å². The number of benzene rings is 1. The van der Waals surface area contributed by atoms with Gasteiger partial charge in [-0.05, 0) is 68.5 Å². The number of ether oxygens (including phenoxy) is 1. The van der Waals surface area contributed by atoms with Crippen LogP contribution in [-0.4, -0.2) is 19.7 Å². The fourth-order valence-corrected chi connectivity index (χ4v) is 3.15. The first-order valence-corrected chi connectivity index (χ1v) is 8.74. The predicted molar refractivity (Wildman–Crippen MR) is 90.3 cm³/mol. The summed E-state index contributed by atoms with van der Waals surface area (Å²) in [5, 5.41) is 3.44. The van der Waals surface area contributed by atoms with Crippen LogP contribution in [0.4, 0.5) is 0 Å². The molecule has 1 aliphatic rings. The quantitative estimate of drug-likeness (QED) is 0.693. The van der Waals surface area contributed by atoms with Gasteiger partial charge < -0.3 is 10.1 Å². The molecule has 0 aliphatic carbocycles. The lowest BCUT2D eigenvalue weighted by molar-refractivity contribution is 0.303. The van der Waals surface area contributed by atoms with E-state index < -0.39 is 0 Å². The molecule has 2 heteroatoms. The van der Waals surface area contributed by atoms with Crippen molar-refractivity contribution in [3.05, 3.63) is 29.3 Å². The van der Waals surface area contributed by atoms with E-state index in [4.69, 9.17) is 4.74 Å². The summed E-state index contributed by atoms with van der Waals surface area (Å²) in [6.07, 6.45) is 8.97. The molecule has 118 valence electrons. The Bertz CT molecular complexity index is 410. The summed E-state index contributed by atoms with van der Waals surface area (Å²) >= 11 is 0. The van der Waals surface area contributed by atoms with Gasteiger partial charge in [0.1, 0.15) is 5.75 Å². The van der Waals surface area contributed by atoms with Crippen LogP contribution in [0.1, 0.15) is 68.9 Å². The fraction of sp³-hybridized carbons (Fsp3) is 0.684. The zero-order valence-electron chi connectivity index (χ0n) is 13.8. The number of nitrogens with one attached hydrogen (secondary N) is 1. The van der Waals surface area contributed by atoms with Gasteiger partial charge in [0.05, 0.1) is 6.61 Å². The van der Waals surface area contributed by atoms with Crippen LogP contribution in [0.3, 0.4) is 0 Å². The molecular weight excluding hydrogens is 258 g/mol. The zero-order valence-corrected chi connectivity index (χ0v) is 13.8. The van der Waals surface area contributed by atoms with Crippen molar-refractivity contribution in [1.29, 1.82) is 0 Å². The van der Waals surface area contributed by atoms with Gasteiger partial charge in [-0.25, -0.2) is 0 Å². The minimum Gasteiger partial charge on any atom is -0.494 e. The Morgan fingerprint density at radius 3 is 2.57 bits per heavy atom. The predicted octanol–water partition coefficient (Wildman–Crippen LogP) is 4.81. The van der Waals surface area contributed by atoms with Crippen molar-refractivity contribution in [2.24, 2.45) is 0 Å². The van der Waals surface area contributed by atoms with Crippen molar-refractivity contribution in [2.45, 2.75) is 64.7 Å². The van der Waals surface area contributed by atoms with Gasteiger partial charge in [-0.15, -0.1) is 0 Å². The van der Waals surface area contributed by atoms with Gasteiger partial charge in [0.15, 0.2) is 0 Å². The summed E-state index contributed by atoms with van der Waals surface area (Å²) in [7, 11) is 0. The highest BCUT2D eigenvalue weighted by molar-refractivity contribution is 5.36. The molecule has 0 unspecified atom stereocenters. The number of piperidine rings is 1. The normalized spacial score (nSPS) is 16.1. The van der Waals surface area contributed by atoms with E-state index in [-0.39, 0.29) is 0 Å². The monoisotopic (exact) mass is 289 g/mol. The second kappa shape index (κ2) is 9.09. The Morgan fingerprint density at radius 2 is 1.81 bits per heavy atom. The highest BCUT2D eigenvalue weighted by Gasteiger charge is 2.16. The van der Waals surface area contributed by atoms with E-state index in [9.17, 15) is 0 Å². The molecule has 1 saturated heterocycles. The van der Waals surface area contributed by atoms with E-state index in [1.165, 1.54) is 56.1 Å². The molecule has 21 heavy (non-hydrogen) atoms. The van der Waals surface area contributed by atoms with Gasteiger partial charge in [-0.3, -0.25) is 0 Å². The van der Waals surface area contributed by atoms with E-state index in [0.29, 0.717) is 5.92 Å². The number of hydrogen-bond donors (Lipinski definition) is 1. The van der Waals surface area contributed by atoms with Crippen LogP contribution < -0.4 is 10.1 Å². The minimum absolute atomic E-state index is 0.707. The van der Waals surface area contributed by atoms with E-state index in [0.717, 1.165) is 25.4 Å². The molecule has 1 N–H and O–H groups in total. The van der Waals surface area contributed by atoms with Crippen LogP contribution in [0.5, 0.6) is 5.75 Å². The molecule has 1 aliphatic heterocycles. The van der Waals surface area contributed by atoms with E-state index in [1.807, 2.05) is 0 Å². The Hall–Kier alpha value is -1.02. The van der Waals surface area contributed by atoms with Gasteiger partial charge in [-0.2, -0.15) is 0 Å². The lowest BCUT2D eigenvalue weighted by Gasteiger charge is -2.23. The summed E-state index contributed by atoms with van der Waals surface area (Å²) in [5.41, 5.74) is 2.80. The molecule has 2 rings (SSSR count). The van der Waals surface area contributed by atoms with Crippen molar-refractivity contribution in [1.82, 2.24) is 5.32 Å². The third-order valence-corrected chi connectivity index (χ3v) is 4.40. The summed E-state index contributed by atoms with van der Waals surface area (Å²) in [4.78, 5) is 0. The average molecular weight is 289 g/mol. The Kier molecular flexibility index (Phi) is 7.08. The molecule has 1 fully saturated rings. The van der Waals surface area contributed by atoms with Gasteiger partial charge in [-0.1, -0.05) is 38.7 Å². The molecule has 1 aromatic carbocycles. The van der Waals surface area contributed by atoms with Crippen LogP contribution in [0, 0.1) is 6.92 Å². The van der Waals surface area contributed by atoms with E-state index >= 15 is 0 Å². The van der Waals surface area contributed by atoms with Crippen molar-refractivity contribution in [2.75, 3.05) is 19.7 Å². The fourth-order valence-electron chi connectivity index (χ4n) is 3.15. The largest absolute Gasteiger partial charge is 0.494 e. The molecule has 0 amide bonds. The highest BCUT2D eigenvalue weighted by atomic mass is 16.5. The molecular formula is C19H31NO. The van der Waals surface area contributed by atoms with E-state index in [2.05, 4.69) is 37.4 Å². The zero-order chi connectivity index (χ0) is 14.9. The minimum atomic E-state index is 0.707. The van der Waals surface area contributed by atoms with Crippen molar-refractivity contribution >= 4 is 0 Å². The lowest BCUT2D eigenvalue weighted by atomic mass is 9.89. The molecule has 0 atom stereocenters. The van der Waals surface area contributed by atoms with Crippen LogP contribution >= 0.6 is 0 Å². The molecule has 0 bridgehead atoms. The van der Waals surface area contributed by atoms with Crippen LogP contribution in [0.25, 0.3) is 0 Å². The SMILES string of the molecule is CCCCCCCOc1cc(C)cc(C2CCNCC2)c1. The topological polar surface area (TPSA) is 21.3 Å². The molecule has 0 spiro atoms. The van der Waals surface area contributed by atoms with Crippen LogP contribution in [-0.2, 0) is 0 Å². The number of hydrogen-bond acceptors (Lipinski definition) is 2. The van der Waals surface area contributed by atoms with Crippen LogP contribution in [0.2, 0.25) is 0 Å². The first-order valence-electron chi connectivity index (χ1n) is 8.74. The smallest absolute Gasteiger partial charge is 0.119 e. The van der Waals surface area contributed by atoms with Gasteiger partial charge in [0.25, 0.3) is 0 Å². The third-order valence-electron chi connectivity index (χ3n) is 4.40. The van der Waals surface area contributed by atoms with Crippen molar-refractivity contribution < 1.29 is 4.74 Å². The summed E-state index contributed by atoms with van der Waals surface area (Å²) in [5.74, 6) is 1.78. The summed E-state index contributed by atoms with van der Waals surface area (Å²) in [6, 6.07) is 6.79. The molecule has 1 heterocycles. The summed E-state index contributed by atoms with van der Waals surface area (Å²) in [6.45, 7) is 7.58. The molecule has 1 aromatic rings. The number of aryl methyl sites for hydroxylation is 1. The molecule has 0 radical (unpaired) electrons. The Morgan fingerprint density at radius 1 is 1.05 bits per heavy atom. The van der Waals surface area contributed by atoms with Crippen LogP contribution in [0.15, 0.2) is 18.2 Å². The number of rotatable bonds is 8. The standard InChI is InChI=1S/C19H31NO/c1-3-4-5-6-7-12-21-19-14-16(2)13-18(15-19)17-8-10-20-11-9-17/h13-15,17,20H,3-12H2,1-2H3. The second-order valence-electron chi connectivity index (χ2n) is 6.37. The Labute approximate surface area is 130 Å². The van der Waals surface area contributed by atoms with Gasteiger partial charge >= 0.3 is 0 Å². The number of unbranched alkanes of at least 4 members (excludes halogenated alkanes) is 4. The maximum Gasteiger partial charge on any atom is 0.119 e. The average Bonchev–Trinajstić information content (AvgIpc) is 2.51. The third kappa shape index (κ3) is 5.70. The molecule has 0 saturated carbocycles. The second-order valence-corrected chi connectivity index (χ2v) is 6.37. The lowest BCUT2D eigenvalue weighted by Crippen LogP contribution is -2.26. The first-order chi connectivity index (χ1) is 10.3. The maximum atomic E-state index is 5.98.